The molecule has 1 saturated carbocycles. The van der Waals surface area contributed by atoms with Gasteiger partial charge < -0.3 is 15.2 Å². The standard InChI is InChI=1S/C11H17NO4/c13-9(11(10(14)15)6-16-7-11)12-8-4-2-1-3-5-8/h8H,1-7H2,(H,12,13)(H,14,15). The van der Waals surface area contributed by atoms with E-state index < -0.39 is 11.4 Å². The predicted octanol–water partition coefficient (Wildman–Crippen LogP) is 0.536. The molecule has 5 nitrogen and oxygen atoms in total. The third-order valence-electron chi connectivity index (χ3n) is 3.48. The van der Waals surface area contributed by atoms with Crippen molar-refractivity contribution in [3.8, 4) is 0 Å². The monoisotopic (exact) mass is 227 g/mol. The highest BCUT2D eigenvalue weighted by Crippen LogP contribution is 2.29. The average molecular weight is 227 g/mol. The molecule has 2 fully saturated rings. The number of nitrogens with one attached hydrogen (secondary N) is 1. The molecule has 2 aliphatic rings. The lowest BCUT2D eigenvalue weighted by molar-refractivity contribution is -0.185. The molecule has 2 N–H and O–H groups in total. The van der Waals surface area contributed by atoms with Crippen LogP contribution in [-0.2, 0) is 14.3 Å². The Hall–Kier alpha value is -1.10. The molecule has 2 rings (SSSR count). The average Bonchev–Trinajstić information content (AvgIpc) is 2.16. The lowest BCUT2D eigenvalue weighted by Gasteiger charge is -2.37. The predicted molar refractivity (Wildman–Crippen MR) is 55.9 cm³/mol. The largest absolute Gasteiger partial charge is 0.480 e. The topological polar surface area (TPSA) is 75.6 Å². The van der Waals surface area contributed by atoms with E-state index in [4.69, 9.17) is 9.84 Å². The molecule has 1 aliphatic heterocycles. The highest BCUT2D eigenvalue weighted by molar-refractivity contribution is 6.03. The number of amides is 1. The molecule has 0 radical (unpaired) electrons. The van der Waals surface area contributed by atoms with Crippen molar-refractivity contribution in [3.05, 3.63) is 0 Å². The molecule has 16 heavy (non-hydrogen) atoms. The summed E-state index contributed by atoms with van der Waals surface area (Å²) in [6.07, 6.45) is 5.35. The van der Waals surface area contributed by atoms with Crippen molar-refractivity contribution < 1.29 is 19.4 Å². The molecule has 0 unspecified atom stereocenters. The van der Waals surface area contributed by atoms with E-state index in [2.05, 4.69) is 5.32 Å². The summed E-state index contributed by atoms with van der Waals surface area (Å²) in [6, 6.07) is 0.151. The van der Waals surface area contributed by atoms with E-state index in [1.807, 2.05) is 0 Å². The molecule has 90 valence electrons. The van der Waals surface area contributed by atoms with E-state index in [9.17, 15) is 9.59 Å². The second kappa shape index (κ2) is 4.41. The van der Waals surface area contributed by atoms with Crippen LogP contribution in [0.2, 0.25) is 0 Å². The van der Waals surface area contributed by atoms with Crippen LogP contribution in [-0.4, -0.2) is 36.2 Å². The van der Waals surface area contributed by atoms with Crippen molar-refractivity contribution in [3.63, 3.8) is 0 Å². The Morgan fingerprint density at radius 1 is 1.19 bits per heavy atom. The van der Waals surface area contributed by atoms with Crippen LogP contribution in [0.5, 0.6) is 0 Å². The van der Waals surface area contributed by atoms with Crippen LogP contribution in [0.4, 0.5) is 0 Å². The van der Waals surface area contributed by atoms with Crippen LogP contribution in [0.15, 0.2) is 0 Å². The highest BCUT2D eigenvalue weighted by Gasteiger charge is 2.53. The van der Waals surface area contributed by atoms with Crippen LogP contribution in [0.1, 0.15) is 32.1 Å². The number of hydrogen-bond donors (Lipinski definition) is 2. The quantitative estimate of drug-likeness (QED) is 0.690. The Balaban J connectivity index is 1.93. The molecule has 1 amide bonds. The summed E-state index contributed by atoms with van der Waals surface area (Å²) in [6.45, 7) is 0.00176. The fourth-order valence-electron chi connectivity index (χ4n) is 2.23. The molecule has 0 bridgehead atoms. The minimum absolute atomic E-state index is 0.000880. The number of ether oxygens (including phenoxy) is 1. The molecule has 1 heterocycles. The third-order valence-corrected chi connectivity index (χ3v) is 3.48. The highest BCUT2D eigenvalue weighted by atomic mass is 16.5. The van der Waals surface area contributed by atoms with E-state index in [-0.39, 0.29) is 25.2 Å². The fraction of sp³-hybridized carbons (Fsp3) is 0.818. The molecule has 1 saturated heterocycles. The minimum Gasteiger partial charge on any atom is -0.480 e. The first-order valence-corrected chi connectivity index (χ1v) is 5.77. The van der Waals surface area contributed by atoms with Crippen LogP contribution >= 0.6 is 0 Å². The van der Waals surface area contributed by atoms with Gasteiger partial charge in [-0.2, -0.15) is 0 Å². The Kier molecular flexibility index (Phi) is 3.14. The van der Waals surface area contributed by atoms with E-state index in [1.54, 1.807) is 0 Å². The fourth-order valence-corrected chi connectivity index (χ4v) is 2.23. The third kappa shape index (κ3) is 1.91. The van der Waals surface area contributed by atoms with Crippen LogP contribution in [0, 0.1) is 5.41 Å². The van der Waals surface area contributed by atoms with Gasteiger partial charge in [-0.25, -0.2) is 0 Å². The summed E-state index contributed by atoms with van der Waals surface area (Å²) in [5, 5.41) is 11.9. The zero-order chi connectivity index (χ0) is 11.6. The molecule has 1 aliphatic carbocycles. The normalized spacial score (nSPS) is 24.5. The Morgan fingerprint density at radius 2 is 1.81 bits per heavy atom. The molecule has 0 aromatic rings. The second-order valence-corrected chi connectivity index (χ2v) is 4.69. The van der Waals surface area contributed by atoms with Crippen LogP contribution in [0.25, 0.3) is 0 Å². The Morgan fingerprint density at radius 3 is 2.25 bits per heavy atom. The number of carbonyl (C=O) groups excluding carboxylic acids is 1. The summed E-state index contributed by atoms with van der Waals surface area (Å²) in [5.41, 5.74) is -1.32. The molecule has 0 spiro atoms. The van der Waals surface area contributed by atoms with Crippen molar-refractivity contribution >= 4 is 11.9 Å². The van der Waals surface area contributed by atoms with E-state index >= 15 is 0 Å². The summed E-state index contributed by atoms with van der Waals surface area (Å²) in [5.74, 6) is -1.45. The SMILES string of the molecule is O=C(O)C1(C(=O)NC2CCCCC2)COC1. The molecular formula is C11H17NO4. The van der Waals surface area contributed by atoms with Gasteiger partial charge in [-0.1, -0.05) is 19.3 Å². The van der Waals surface area contributed by atoms with Crippen LogP contribution < -0.4 is 5.32 Å². The summed E-state index contributed by atoms with van der Waals surface area (Å²) in [4.78, 5) is 22.9. The number of aliphatic carboxylic acids is 1. The maximum absolute atomic E-state index is 11.9. The van der Waals surface area contributed by atoms with Crippen molar-refractivity contribution in [1.82, 2.24) is 5.32 Å². The zero-order valence-corrected chi connectivity index (χ0v) is 9.20. The van der Waals surface area contributed by atoms with Crippen molar-refractivity contribution in [2.24, 2.45) is 5.41 Å². The lowest BCUT2D eigenvalue weighted by Crippen LogP contribution is -2.60. The van der Waals surface area contributed by atoms with Gasteiger partial charge in [0, 0.05) is 6.04 Å². The maximum atomic E-state index is 11.9. The summed E-state index contributed by atoms with van der Waals surface area (Å²) in [7, 11) is 0. The Labute approximate surface area is 94.2 Å². The first-order valence-electron chi connectivity index (χ1n) is 5.77. The number of rotatable bonds is 3. The zero-order valence-electron chi connectivity index (χ0n) is 9.20. The van der Waals surface area contributed by atoms with Crippen molar-refractivity contribution in [2.45, 2.75) is 38.1 Å². The van der Waals surface area contributed by atoms with Gasteiger partial charge in [0.15, 0.2) is 5.41 Å². The maximum Gasteiger partial charge on any atom is 0.324 e. The van der Waals surface area contributed by atoms with Gasteiger partial charge in [0.05, 0.1) is 13.2 Å². The number of carbonyl (C=O) groups is 2. The first kappa shape index (κ1) is 11.4. The van der Waals surface area contributed by atoms with Gasteiger partial charge in [0.1, 0.15) is 0 Å². The number of carboxylic acids is 1. The minimum atomic E-state index is -1.32. The second-order valence-electron chi connectivity index (χ2n) is 4.69. The Bertz CT molecular complexity index is 292. The molecular weight excluding hydrogens is 210 g/mol. The van der Waals surface area contributed by atoms with Gasteiger partial charge >= 0.3 is 5.97 Å². The molecule has 5 heteroatoms. The van der Waals surface area contributed by atoms with Gasteiger partial charge in [-0.3, -0.25) is 9.59 Å². The van der Waals surface area contributed by atoms with E-state index in [0.29, 0.717) is 0 Å². The van der Waals surface area contributed by atoms with Crippen molar-refractivity contribution in [2.75, 3.05) is 13.2 Å². The summed E-state index contributed by atoms with van der Waals surface area (Å²) < 4.78 is 4.87. The smallest absolute Gasteiger partial charge is 0.324 e. The van der Waals surface area contributed by atoms with Gasteiger partial charge in [0.25, 0.3) is 0 Å². The molecule has 0 atom stereocenters. The first-order chi connectivity index (χ1) is 7.65. The van der Waals surface area contributed by atoms with Gasteiger partial charge in [0.2, 0.25) is 5.91 Å². The van der Waals surface area contributed by atoms with Crippen molar-refractivity contribution in [1.29, 1.82) is 0 Å². The number of carboxylic acid groups (broad SMARTS) is 1. The van der Waals surface area contributed by atoms with E-state index in [1.165, 1.54) is 6.42 Å². The molecule has 0 aromatic heterocycles. The number of hydrogen-bond acceptors (Lipinski definition) is 3. The van der Waals surface area contributed by atoms with Crippen LogP contribution in [0.3, 0.4) is 0 Å². The lowest BCUT2D eigenvalue weighted by atomic mass is 9.84. The van der Waals surface area contributed by atoms with Gasteiger partial charge in [-0.15, -0.1) is 0 Å². The van der Waals surface area contributed by atoms with Gasteiger partial charge in [-0.05, 0) is 12.8 Å². The molecule has 0 aromatic carbocycles. The summed E-state index contributed by atoms with van der Waals surface area (Å²) >= 11 is 0. The van der Waals surface area contributed by atoms with E-state index in [0.717, 1.165) is 25.7 Å².